The Hall–Kier alpha value is -1.84. The van der Waals surface area contributed by atoms with Crippen LogP contribution in [0, 0.1) is 0 Å². The third-order valence-electron chi connectivity index (χ3n) is 3.08. The van der Waals surface area contributed by atoms with Gasteiger partial charge in [-0.3, -0.25) is 9.59 Å². The molecule has 0 saturated carbocycles. The lowest BCUT2D eigenvalue weighted by atomic mass is 10.1. The zero-order valence-corrected chi connectivity index (χ0v) is 10.3. The molecule has 1 atom stereocenters. The number of rotatable bonds is 3. The van der Waals surface area contributed by atoms with Crippen LogP contribution < -0.4 is 10.6 Å². The number of carbonyl (C=O) groups excluding carboxylic acids is 2. The van der Waals surface area contributed by atoms with Gasteiger partial charge in [0, 0.05) is 6.54 Å². The minimum absolute atomic E-state index is 0.0612. The van der Waals surface area contributed by atoms with E-state index < -0.39 is 0 Å². The fourth-order valence-electron chi connectivity index (χ4n) is 2.10. The third-order valence-corrected chi connectivity index (χ3v) is 3.08. The predicted octanol–water partition coefficient (Wildman–Crippen LogP) is 1.01. The number of carbonyl (C=O) groups is 2. The van der Waals surface area contributed by atoms with Crippen molar-refractivity contribution >= 4 is 11.8 Å². The highest BCUT2D eigenvalue weighted by Gasteiger charge is 2.22. The summed E-state index contributed by atoms with van der Waals surface area (Å²) in [6, 6.07) is 9.17. The molecule has 0 bridgehead atoms. The fraction of sp³-hybridized carbons (Fsp3) is 0.429. The van der Waals surface area contributed by atoms with Crippen LogP contribution in [0.25, 0.3) is 0 Å². The Kier molecular flexibility index (Phi) is 4.34. The minimum Gasteiger partial charge on any atom is -0.354 e. The van der Waals surface area contributed by atoms with Gasteiger partial charge in [0.2, 0.25) is 11.8 Å². The van der Waals surface area contributed by atoms with Crippen LogP contribution in [0.1, 0.15) is 24.8 Å². The van der Waals surface area contributed by atoms with Crippen LogP contribution in [-0.4, -0.2) is 24.4 Å². The molecule has 1 fully saturated rings. The van der Waals surface area contributed by atoms with Crippen molar-refractivity contribution in [2.45, 2.75) is 31.7 Å². The van der Waals surface area contributed by atoms with Gasteiger partial charge >= 0.3 is 0 Å². The van der Waals surface area contributed by atoms with E-state index in [-0.39, 0.29) is 17.9 Å². The molecule has 1 aromatic rings. The van der Waals surface area contributed by atoms with Gasteiger partial charge in [0.05, 0.1) is 6.42 Å². The molecule has 1 aliphatic heterocycles. The van der Waals surface area contributed by atoms with Gasteiger partial charge in [0.1, 0.15) is 6.04 Å². The van der Waals surface area contributed by atoms with E-state index in [4.69, 9.17) is 0 Å². The van der Waals surface area contributed by atoms with Gasteiger partial charge in [-0.25, -0.2) is 0 Å². The monoisotopic (exact) mass is 246 g/mol. The summed E-state index contributed by atoms with van der Waals surface area (Å²) in [5.41, 5.74) is 0.962. The molecule has 0 aliphatic carbocycles. The average Bonchev–Trinajstić information content (AvgIpc) is 2.56. The highest BCUT2D eigenvalue weighted by molar-refractivity contribution is 5.88. The number of amides is 2. The first kappa shape index (κ1) is 12.6. The molecular weight excluding hydrogens is 228 g/mol. The van der Waals surface area contributed by atoms with E-state index in [9.17, 15) is 9.59 Å². The fourth-order valence-corrected chi connectivity index (χ4v) is 2.10. The first-order valence-electron chi connectivity index (χ1n) is 6.37. The largest absolute Gasteiger partial charge is 0.354 e. The second-order valence-corrected chi connectivity index (χ2v) is 4.57. The predicted molar refractivity (Wildman–Crippen MR) is 68.9 cm³/mol. The molecular formula is C14H18N2O2. The standard InChI is InChI=1S/C14H18N2O2/c17-13(10-11-6-2-1-3-7-11)16-12-8-4-5-9-15-14(12)18/h1-3,6-7,12H,4-5,8-10H2,(H,15,18)(H,16,17)/t12-/m1/s1. The zero-order chi connectivity index (χ0) is 12.8. The molecule has 2 rings (SSSR count). The van der Waals surface area contributed by atoms with Crippen molar-refractivity contribution in [3.05, 3.63) is 35.9 Å². The number of benzene rings is 1. The van der Waals surface area contributed by atoms with E-state index in [0.29, 0.717) is 13.0 Å². The van der Waals surface area contributed by atoms with Gasteiger partial charge in [-0.15, -0.1) is 0 Å². The number of nitrogens with one attached hydrogen (secondary N) is 2. The molecule has 1 aliphatic rings. The highest BCUT2D eigenvalue weighted by atomic mass is 16.2. The SMILES string of the molecule is O=C(Cc1ccccc1)N[C@@H]1CCCCNC1=O. The average molecular weight is 246 g/mol. The molecule has 0 radical (unpaired) electrons. The molecule has 2 amide bonds. The Morgan fingerprint density at radius 3 is 2.83 bits per heavy atom. The normalized spacial score (nSPS) is 19.8. The second kappa shape index (κ2) is 6.19. The van der Waals surface area contributed by atoms with E-state index in [1.165, 1.54) is 0 Å². The molecule has 1 heterocycles. The lowest BCUT2D eigenvalue weighted by Crippen LogP contribution is -2.45. The van der Waals surface area contributed by atoms with Crippen molar-refractivity contribution in [2.24, 2.45) is 0 Å². The van der Waals surface area contributed by atoms with Crippen LogP contribution >= 0.6 is 0 Å². The van der Waals surface area contributed by atoms with Crippen LogP contribution in [0.3, 0.4) is 0 Å². The van der Waals surface area contributed by atoms with Crippen molar-refractivity contribution in [3.63, 3.8) is 0 Å². The van der Waals surface area contributed by atoms with Crippen LogP contribution in [-0.2, 0) is 16.0 Å². The van der Waals surface area contributed by atoms with Crippen LogP contribution in [0.15, 0.2) is 30.3 Å². The molecule has 0 unspecified atom stereocenters. The van der Waals surface area contributed by atoms with Crippen molar-refractivity contribution in [3.8, 4) is 0 Å². The van der Waals surface area contributed by atoms with Crippen LogP contribution in [0.2, 0.25) is 0 Å². The van der Waals surface area contributed by atoms with Gasteiger partial charge < -0.3 is 10.6 Å². The number of hydrogen-bond acceptors (Lipinski definition) is 2. The summed E-state index contributed by atoms with van der Waals surface area (Å²) in [4.78, 5) is 23.5. The first-order valence-corrected chi connectivity index (χ1v) is 6.37. The Bertz CT molecular complexity index is 417. The van der Waals surface area contributed by atoms with Crippen molar-refractivity contribution in [1.29, 1.82) is 0 Å². The zero-order valence-electron chi connectivity index (χ0n) is 10.3. The third kappa shape index (κ3) is 3.58. The minimum atomic E-state index is -0.372. The molecule has 4 nitrogen and oxygen atoms in total. The smallest absolute Gasteiger partial charge is 0.242 e. The van der Waals surface area contributed by atoms with Crippen molar-refractivity contribution in [1.82, 2.24) is 10.6 Å². The lowest BCUT2D eigenvalue weighted by Gasteiger charge is -2.15. The van der Waals surface area contributed by atoms with E-state index in [2.05, 4.69) is 10.6 Å². The van der Waals surface area contributed by atoms with Gasteiger partial charge in [-0.2, -0.15) is 0 Å². The Morgan fingerprint density at radius 1 is 1.28 bits per heavy atom. The summed E-state index contributed by atoms with van der Waals surface area (Å²) in [6.45, 7) is 0.712. The van der Waals surface area contributed by atoms with Gasteiger partial charge in [-0.1, -0.05) is 30.3 Å². The summed E-state index contributed by atoms with van der Waals surface area (Å²) in [7, 11) is 0. The molecule has 2 N–H and O–H groups in total. The Balaban J connectivity index is 1.88. The van der Waals surface area contributed by atoms with E-state index in [1.807, 2.05) is 30.3 Å². The summed E-state index contributed by atoms with van der Waals surface area (Å²) >= 11 is 0. The van der Waals surface area contributed by atoms with Crippen LogP contribution in [0.4, 0.5) is 0 Å². The van der Waals surface area contributed by atoms with Crippen LogP contribution in [0.5, 0.6) is 0 Å². The molecule has 0 aromatic heterocycles. The Morgan fingerprint density at radius 2 is 2.06 bits per heavy atom. The summed E-state index contributed by atoms with van der Waals surface area (Å²) in [6.07, 6.45) is 3.00. The summed E-state index contributed by atoms with van der Waals surface area (Å²) in [5.74, 6) is -0.155. The molecule has 96 valence electrons. The highest BCUT2D eigenvalue weighted by Crippen LogP contribution is 2.06. The lowest BCUT2D eigenvalue weighted by molar-refractivity contribution is -0.128. The quantitative estimate of drug-likeness (QED) is 0.836. The number of hydrogen-bond donors (Lipinski definition) is 2. The maximum absolute atomic E-state index is 11.8. The Labute approximate surface area is 107 Å². The van der Waals surface area contributed by atoms with Crippen molar-refractivity contribution in [2.75, 3.05) is 6.54 Å². The molecule has 4 heteroatoms. The van der Waals surface area contributed by atoms with Gasteiger partial charge in [0.25, 0.3) is 0 Å². The summed E-state index contributed by atoms with van der Waals surface area (Å²) in [5, 5.41) is 5.62. The second-order valence-electron chi connectivity index (χ2n) is 4.57. The van der Waals surface area contributed by atoms with E-state index in [0.717, 1.165) is 24.8 Å². The molecule has 1 saturated heterocycles. The van der Waals surface area contributed by atoms with Gasteiger partial charge in [0.15, 0.2) is 0 Å². The van der Waals surface area contributed by atoms with E-state index in [1.54, 1.807) is 0 Å². The molecule has 0 spiro atoms. The topological polar surface area (TPSA) is 58.2 Å². The van der Waals surface area contributed by atoms with E-state index >= 15 is 0 Å². The maximum atomic E-state index is 11.8. The van der Waals surface area contributed by atoms with Gasteiger partial charge in [-0.05, 0) is 24.8 Å². The molecule has 1 aromatic carbocycles. The first-order chi connectivity index (χ1) is 8.75. The van der Waals surface area contributed by atoms with Crippen molar-refractivity contribution < 1.29 is 9.59 Å². The molecule has 18 heavy (non-hydrogen) atoms. The summed E-state index contributed by atoms with van der Waals surface area (Å²) < 4.78 is 0. The maximum Gasteiger partial charge on any atom is 0.242 e.